The highest BCUT2D eigenvalue weighted by Crippen LogP contribution is 2.29. The average Bonchev–Trinajstić information content (AvgIpc) is 3.00. The number of hydrogen-bond donors (Lipinski definition) is 1. The molecule has 0 radical (unpaired) electrons. The third-order valence-electron chi connectivity index (χ3n) is 9.08. The molecule has 1 aromatic rings. The van der Waals surface area contributed by atoms with Gasteiger partial charge in [0.15, 0.2) is 0 Å². The van der Waals surface area contributed by atoms with Crippen molar-refractivity contribution in [3.63, 3.8) is 0 Å². The van der Waals surface area contributed by atoms with Crippen LogP contribution in [0.15, 0.2) is 12.1 Å². The molecule has 0 unspecified atom stereocenters. The molecule has 0 spiro atoms. The Morgan fingerprint density at radius 1 is 0.543 bits per heavy atom. The molecule has 3 aliphatic rings. The van der Waals surface area contributed by atoms with Gasteiger partial charge in [-0.1, -0.05) is 68.0 Å². The molecule has 1 aromatic carbocycles. The predicted octanol–water partition coefficient (Wildman–Crippen LogP) is 7.93. The fourth-order valence-electron chi connectivity index (χ4n) is 6.76. The van der Waals surface area contributed by atoms with Gasteiger partial charge in [0.05, 0.1) is 19.3 Å². The van der Waals surface area contributed by atoms with Crippen molar-refractivity contribution in [2.45, 2.75) is 153 Å². The fraction of sp³-hybridized carbons (Fsp3) is 0.667. The minimum absolute atomic E-state index is 0.0122. The predicted molar refractivity (Wildman–Crippen MR) is 190 cm³/mol. The van der Waals surface area contributed by atoms with Crippen LogP contribution in [-0.4, -0.2) is 55.9 Å². The molecule has 0 aliphatic heterocycles. The van der Waals surface area contributed by atoms with Gasteiger partial charge in [-0.2, -0.15) is 0 Å². The molecule has 7 nitrogen and oxygen atoms in total. The van der Waals surface area contributed by atoms with E-state index in [1.54, 1.807) is 0 Å². The van der Waals surface area contributed by atoms with Crippen LogP contribution in [0.1, 0.15) is 132 Å². The smallest absolute Gasteiger partial charge is 0.311 e. The number of phenols is 1. The van der Waals surface area contributed by atoms with Crippen molar-refractivity contribution in [1.82, 2.24) is 0 Å². The molecule has 252 valence electrons. The number of ether oxygens (including phenoxy) is 3. The van der Waals surface area contributed by atoms with Gasteiger partial charge in [0.25, 0.3) is 0 Å². The van der Waals surface area contributed by atoms with E-state index in [9.17, 15) is 19.5 Å². The Morgan fingerprint density at radius 3 is 1.17 bits per heavy atom. The Morgan fingerprint density at radius 2 is 0.848 bits per heavy atom. The van der Waals surface area contributed by atoms with Crippen LogP contribution >= 0.6 is 36.7 Å². The van der Waals surface area contributed by atoms with Crippen molar-refractivity contribution in [3.05, 3.63) is 28.8 Å². The number of rotatable bonds is 15. The number of hydrogen-bond acceptors (Lipinski definition) is 10. The first-order valence-electron chi connectivity index (χ1n) is 17.1. The lowest BCUT2D eigenvalue weighted by molar-refractivity contribution is -0.149. The average molecular weight is 689 g/mol. The maximum atomic E-state index is 12.6. The molecule has 1 N–H and O–H groups in total. The maximum Gasteiger partial charge on any atom is 0.311 e. The first kappa shape index (κ1) is 36.5. The monoisotopic (exact) mass is 688 g/mol. The molecule has 0 amide bonds. The van der Waals surface area contributed by atoms with E-state index in [-0.39, 0.29) is 74.1 Å². The van der Waals surface area contributed by atoms with Gasteiger partial charge in [0.2, 0.25) is 0 Å². The van der Waals surface area contributed by atoms with Crippen molar-refractivity contribution in [2.75, 3.05) is 0 Å². The minimum Gasteiger partial charge on any atom is -0.507 e. The molecule has 0 heterocycles. The molecule has 3 aliphatic carbocycles. The second-order valence-electron chi connectivity index (χ2n) is 13.2. The number of phenolic OH excluding ortho intramolecular Hbond substituents is 1. The SMILES string of the molecule is O=C(CC(=S)Cc1cc(CC(=S)CC(=O)OC2CCCCC2)c(O)c(CC(=S)CC(=O)OC2CCCCC2)c1)OC1CCCCC1. The van der Waals surface area contributed by atoms with E-state index in [1.807, 2.05) is 12.1 Å². The number of thiocarbonyl (C=S) groups is 3. The maximum absolute atomic E-state index is 12.6. The van der Waals surface area contributed by atoms with Crippen LogP contribution in [0.25, 0.3) is 0 Å². The Hall–Kier alpha value is -2.30. The molecule has 46 heavy (non-hydrogen) atoms. The zero-order valence-electron chi connectivity index (χ0n) is 26.9. The number of carbonyl (C=O) groups is 3. The van der Waals surface area contributed by atoms with Crippen molar-refractivity contribution in [3.8, 4) is 5.75 Å². The third kappa shape index (κ3) is 12.7. The Balaban J connectivity index is 1.41. The van der Waals surface area contributed by atoms with Gasteiger partial charge in [-0.25, -0.2) is 0 Å². The van der Waals surface area contributed by atoms with Crippen LogP contribution in [0, 0.1) is 0 Å². The Bertz CT molecular complexity index is 1190. The highest BCUT2D eigenvalue weighted by Gasteiger charge is 2.23. The minimum atomic E-state index is -0.344. The van der Waals surface area contributed by atoms with E-state index in [0.717, 1.165) is 82.6 Å². The van der Waals surface area contributed by atoms with E-state index < -0.39 is 0 Å². The summed E-state index contributed by atoms with van der Waals surface area (Å²) in [5.41, 5.74) is 1.88. The Kier molecular flexibility index (Phi) is 15.0. The standard InChI is InChI=1S/C36H48O7S3/c37-33(41-27-10-4-1-5-11-27)21-30(44)18-24-16-25(19-31(45)22-34(38)42-28-12-6-2-7-13-28)36(40)26(17-24)20-32(46)23-35(39)43-29-14-8-3-9-15-29/h16-17,27-29,40H,1-15,18-23H2. The molecule has 3 fully saturated rings. The van der Waals surface area contributed by atoms with Gasteiger partial charge < -0.3 is 19.3 Å². The van der Waals surface area contributed by atoms with E-state index in [1.165, 1.54) is 19.3 Å². The summed E-state index contributed by atoms with van der Waals surface area (Å²) in [5, 5.41) is 11.3. The lowest BCUT2D eigenvalue weighted by atomic mass is 9.94. The van der Waals surface area contributed by atoms with Crippen LogP contribution in [0.4, 0.5) is 0 Å². The molecule has 0 saturated heterocycles. The van der Waals surface area contributed by atoms with Gasteiger partial charge in [-0.05, 0) is 93.7 Å². The summed E-state index contributed by atoms with van der Waals surface area (Å²) in [7, 11) is 0. The van der Waals surface area contributed by atoms with E-state index >= 15 is 0 Å². The van der Waals surface area contributed by atoms with Crippen LogP contribution in [-0.2, 0) is 47.9 Å². The van der Waals surface area contributed by atoms with Crippen LogP contribution in [0.5, 0.6) is 5.75 Å². The molecule has 10 heteroatoms. The molecule has 0 bridgehead atoms. The topological polar surface area (TPSA) is 99.1 Å². The summed E-state index contributed by atoms with van der Waals surface area (Å²) in [6, 6.07) is 3.63. The van der Waals surface area contributed by atoms with Crippen LogP contribution < -0.4 is 0 Å². The number of benzene rings is 1. The molecule has 0 aromatic heterocycles. The number of esters is 3. The lowest BCUT2D eigenvalue weighted by Crippen LogP contribution is -2.23. The van der Waals surface area contributed by atoms with Crippen LogP contribution in [0.2, 0.25) is 0 Å². The van der Waals surface area contributed by atoms with Gasteiger partial charge >= 0.3 is 17.9 Å². The molecular weight excluding hydrogens is 641 g/mol. The second kappa shape index (κ2) is 18.9. The molecule has 3 saturated carbocycles. The molecule has 4 rings (SSSR count). The first-order chi connectivity index (χ1) is 22.1. The largest absolute Gasteiger partial charge is 0.507 e. The highest BCUT2D eigenvalue weighted by atomic mass is 32.1. The summed E-state index contributed by atoms with van der Waals surface area (Å²) in [6.45, 7) is 0. The summed E-state index contributed by atoms with van der Waals surface area (Å²) in [5.74, 6) is -0.977. The van der Waals surface area contributed by atoms with Crippen molar-refractivity contribution in [2.24, 2.45) is 0 Å². The normalized spacial score (nSPS) is 18.0. The van der Waals surface area contributed by atoms with Gasteiger partial charge in [-0.15, -0.1) is 0 Å². The van der Waals surface area contributed by atoms with Crippen molar-refractivity contribution in [1.29, 1.82) is 0 Å². The zero-order chi connectivity index (χ0) is 32.9. The highest BCUT2D eigenvalue weighted by molar-refractivity contribution is 7.80. The molecular formula is C36H48O7S3. The molecule has 0 atom stereocenters. The number of aromatic hydroxyl groups is 1. The summed E-state index contributed by atoms with van der Waals surface area (Å²) in [6.07, 6.45) is 15.8. The van der Waals surface area contributed by atoms with E-state index in [4.69, 9.17) is 50.9 Å². The van der Waals surface area contributed by atoms with E-state index in [2.05, 4.69) is 0 Å². The number of carbonyl (C=O) groups excluding carboxylic acids is 3. The quantitative estimate of drug-likeness (QED) is 0.111. The third-order valence-corrected chi connectivity index (χ3v) is 9.95. The van der Waals surface area contributed by atoms with Gasteiger partial charge in [-0.3, -0.25) is 14.4 Å². The van der Waals surface area contributed by atoms with Crippen LogP contribution in [0.3, 0.4) is 0 Å². The summed E-state index contributed by atoms with van der Waals surface area (Å²) in [4.78, 5) is 39.3. The zero-order valence-corrected chi connectivity index (χ0v) is 29.3. The first-order valence-corrected chi connectivity index (χ1v) is 18.3. The summed E-state index contributed by atoms with van der Waals surface area (Å²) >= 11 is 16.8. The van der Waals surface area contributed by atoms with E-state index in [0.29, 0.717) is 32.1 Å². The van der Waals surface area contributed by atoms with Crippen molar-refractivity contribution < 1.29 is 33.7 Å². The van der Waals surface area contributed by atoms with Gasteiger partial charge in [0, 0.05) is 33.9 Å². The Labute approximate surface area is 289 Å². The lowest BCUT2D eigenvalue weighted by Gasteiger charge is -2.22. The summed E-state index contributed by atoms with van der Waals surface area (Å²) < 4.78 is 17.0. The van der Waals surface area contributed by atoms with Crippen molar-refractivity contribution >= 4 is 69.2 Å². The second-order valence-corrected chi connectivity index (χ2v) is 14.9. The fourth-order valence-corrected chi connectivity index (χ4v) is 7.59. The van der Waals surface area contributed by atoms with Gasteiger partial charge in [0.1, 0.15) is 24.1 Å².